The van der Waals surface area contributed by atoms with Crippen molar-refractivity contribution in [2.24, 2.45) is 17.8 Å². The Morgan fingerprint density at radius 1 is 1.35 bits per heavy atom. The molecule has 2 rings (SSSR count). The van der Waals surface area contributed by atoms with Crippen LogP contribution >= 0.6 is 0 Å². The zero-order valence-electron chi connectivity index (χ0n) is 14.0. The highest BCUT2D eigenvalue weighted by Crippen LogP contribution is 2.45. The maximum Gasteiger partial charge on any atom is 0.306 e. The van der Waals surface area contributed by atoms with Gasteiger partial charge < -0.3 is 9.47 Å². The van der Waals surface area contributed by atoms with E-state index in [-0.39, 0.29) is 41.6 Å². The van der Waals surface area contributed by atoms with Gasteiger partial charge in [-0.15, -0.1) is 0 Å². The second kappa shape index (κ2) is 8.27. The van der Waals surface area contributed by atoms with E-state index in [1.807, 2.05) is 6.08 Å². The molecule has 1 saturated carbocycles. The van der Waals surface area contributed by atoms with E-state index in [2.05, 4.69) is 6.92 Å². The molecule has 2 fully saturated rings. The summed E-state index contributed by atoms with van der Waals surface area (Å²) in [4.78, 5) is 34.5. The minimum absolute atomic E-state index is 0.0564. The predicted molar refractivity (Wildman–Crippen MR) is 84.5 cm³/mol. The van der Waals surface area contributed by atoms with E-state index in [0.717, 1.165) is 19.3 Å². The van der Waals surface area contributed by atoms with E-state index in [0.29, 0.717) is 25.9 Å². The predicted octanol–water partition coefficient (Wildman–Crippen LogP) is 2.82. The highest BCUT2D eigenvalue weighted by molar-refractivity contribution is 5.89. The Morgan fingerprint density at radius 2 is 2.13 bits per heavy atom. The van der Waals surface area contributed by atoms with Crippen molar-refractivity contribution < 1.29 is 23.9 Å². The molecule has 4 atom stereocenters. The Labute approximate surface area is 137 Å². The van der Waals surface area contributed by atoms with Crippen molar-refractivity contribution in [1.29, 1.82) is 0 Å². The molecule has 5 heteroatoms. The van der Waals surface area contributed by atoms with Crippen LogP contribution < -0.4 is 0 Å². The zero-order chi connectivity index (χ0) is 16.8. The summed E-state index contributed by atoms with van der Waals surface area (Å²) in [5, 5.41) is 0. The van der Waals surface area contributed by atoms with E-state index in [1.54, 1.807) is 6.08 Å². The molecule has 0 amide bonds. The van der Waals surface area contributed by atoms with Gasteiger partial charge in [0.05, 0.1) is 13.0 Å². The largest absolute Gasteiger partial charge is 0.466 e. The van der Waals surface area contributed by atoms with Crippen LogP contribution in [0.2, 0.25) is 0 Å². The molecule has 0 spiro atoms. The molecule has 1 heterocycles. The van der Waals surface area contributed by atoms with Crippen LogP contribution in [0.15, 0.2) is 12.2 Å². The molecule has 1 saturated heterocycles. The summed E-state index contributed by atoms with van der Waals surface area (Å²) in [6.07, 6.45) is 8.17. The van der Waals surface area contributed by atoms with Gasteiger partial charge in [-0.25, -0.2) is 0 Å². The van der Waals surface area contributed by atoms with E-state index >= 15 is 0 Å². The van der Waals surface area contributed by atoms with Gasteiger partial charge >= 0.3 is 11.9 Å². The lowest BCUT2D eigenvalue weighted by molar-refractivity contribution is -0.145. The second-order valence-electron chi connectivity index (χ2n) is 6.55. The number of ether oxygens (including phenoxy) is 2. The van der Waals surface area contributed by atoms with Crippen LogP contribution in [-0.2, 0) is 23.9 Å². The smallest absolute Gasteiger partial charge is 0.306 e. The Bertz CT molecular complexity index is 482. The van der Waals surface area contributed by atoms with Gasteiger partial charge in [0.1, 0.15) is 6.10 Å². The maximum absolute atomic E-state index is 11.9. The van der Waals surface area contributed by atoms with E-state index < -0.39 is 0 Å². The standard InChI is InChI=1S/C18H26O5/c1-3-4-5-6-14(20)7-8-15-13(11-22-12(2)19)9-17-16(15)10-18(21)23-17/h7-8,13,15-17H,3-6,9-11H2,1-2H3/b8-7+/t13-,15-,16+,17-/m0/s1. The monoisotopic (exact) mass is 322 g/mol. The fourth-order valence-electron chi connectivity index (χ4n) is 3.59. The van der Waals surface area contributed by atoms with Crippen molar-refractivity contribution in [3.05, 3.63) is 12.2 Å². The summed E-state index contributed by atoms with van der Waals surface area (Å²) < 4.78 is 10.5. The molecule has 0 radical (unpaired) electrons. The Hall–Kier alpha value is -1.65. The minimum atomic E-state index is -0.308. The molecule has 2 aliphatic rings. The number of unbranched alkanes of at least 4 members (excludes halogenated alkanes) is 2. The number of hydrogen-bond donors (Lipinski definition) is 0. The zero-order valence-corrected chi connectivity index (χ0v) is 14.0. The van der Waals surface area contributed by atoms with Crippen LogP contribution in [0.25, 0.3) is 0 Å². The second-order valence-corrected chi connectivity index (χ2v) is 6.55. The van der Waals surface area contributed by atoms with E-state index in [1.165, 1.54) is 6.92 Å². The number of carbonyl (C=O) groups excluding carboxylic acids is 3. The van der Waals surface area contributed by atoms with E-state index in [4.69, 9.17) is 9.47 Å². The Kier molecular flexibility index (Phi) is 6.37. The number of rotatable bonds is 8. The van der Waals surface area contributed by atoms with Gasteiger partial charge in [-0.2, -0.15) is 0 Å². The van der Waals surface area contributed by atoms with Crippen LogP contribution in [0.4, 0.5) is 0 Å². The summed E-state index contributed by atoms with van der Waals surface area (Å²) >= 11 is 0. The molecule has 1 aliphatic heterocycles. The van der Waals surface area contributed by atoms with Crippen LogP contribution in [0, 0.1) is 17.8 Å². The van der Waals surface area contributed by atoms with Crippen LogP contribution in [0.3, 0.4) is 0 Å². The average Bonchev–Trinajstić information content (AvgIpc) is 2.99. The normalized spacial score (nSPS) is 29.6. The number of fused-ring (bicyclic) bond motifs is 1. The summed E-state index contributed by atoms with van der Waals surface area (Å²) in [7, 11) is 0. The molecular formula is C18H26O5. The molecule has 23 heavy (non-hydrogen) atoms. The molecule has 0 N–H and O–H groups in total. The van der Waals surface area contributed by atoms with Crippen LogP contribution in [0.1, 0.15) is 52.4 Å². The summed E-state index contributed by atoms with van der Waals surface area (Å²) in [5.74, 6) is -0.0835. The molecular weight excluding hydrogens is 296 g/mol. The third kappa shape index (κ3) is 4.91. The van der Waals surface area contributed by atoms with E-state index in [9.17, 15) is 14.4 Å². The quantitative estimate of drug-likeness (QED) is 0.390. The van der Waals surface area contributed by atoms with Crippen molar-refractivity contribution in [3.63, 3.8) is 0 Å². The lowest BCUT2D eigenvalue weighted by atomic mass is 9.87. The van der Waals surface area contributed by atoms with Crippen molar-refractivity contribution in [2.45, 2.75) is 58.5 Å². The first-order valence-corrected chi connectivity index (χ1v) is 8.55. The fourth-order valence-corrected chi connectivity index (χ4v) is 3.59. The highest BCUT2D eigenvalue weighted by atomic mass is 16.6. The van der Waals surface area contributed by atoms with Gasteiger partial charge in [-0.05, 0) is 24.8 Å². The molecule has 0 unspecified atom stereocenters. The van der Waals surface area contributed by atoms with Gasteiger partial charge in [0.2, 0.25) is 0 Å². The van der Waals surface area contributed by atoms with Crippen molar-refractivity contribution >= 4 is 17.7 Å². The Morgan fingerprint density at radius 3 is 2.83 bits per heavy atom. The van der Waals surface area contributed by atoms with Gasteiger partial charge in [-0.1, -0.05) is 25.8 Å². The lowest BCUT2D eigenvalue weighted by Gasteiger charge is -2.19. The molecule has 0 aromatic carbocycles. The van der Waals surface area contributed by atoms with Crippen molar-refractivity contribution in [3.8, 4) is 0 Å². The van der Waals surface area contributed by atoms with Gasteiger partial charge in [0.25, 0.3) is 0 Å². The van der Waals surface area contributed by atoms with Crippen molar-refractivity contribution in [1.82, 2.24) is 0 Å². The molecule has 0 bridgehead atoms. The molecule has 5 nitrogen and oxygen atoms in total. The molecule has 0 aromatic heterocycles. The summed E-state index contributed by atoms with van der Waals surface area (Å²) in [6.45, 7) is 3.81. The highest BCUT2D eigenvalue weighted by Gasteiger charge is 2.49. The van der Waals surface area contributed by atoms with Crippen LogP contribution in [0.5, 0.6) is 0 Å². The lowest BCUT2D eigenvalue weighted by Crippen LogP contribution is -2.20. The summed E-state index contributed by atoms with van der Waals surface area (Å²) in [5.41, 5.74) is 0. The number of ketones is 1. The van der Waals surface area contributed by atoms with Gasteiger partial charge in [-0.3, -0.25) is 14.4 Å². The maximum atomic E-state index is 11.9. The number of carbonyl (C=O) groups is 3. The Balaban J connectivity index is 1.96. The van der Waals surface area contributed by atoms with Crippen molar-refractivity contribution in [2.75, 3.05) is 6.61 Å². The third-order valence-corrected chi connectivity index (χ3v) is 4.77. The number of esters is 2. The average molecular weight is 322 g/mol. The molecule has 128 valence electrons. The first-order chi connectivity index (χ1) is 11.0. The topological polar surface area (TPSA) is 69.7 Å². The SMILES string of the molecule is CCCCCC(=O)/C=C/[C@H]1[C@H](COC(C)=O)C[C@@H]2OC(=O)C[C@H]12. The molecule has 0 aromatic rings. The number of hydrogen-bond acceptors (Lipinski definition) is 5. The molecule has 1 aliphatic carbocycles. The first-order valence-electron chi connectivity index (χ1n) is 8.55. The van der Waals surface area contributed by atoms with Crippen LogP contribution in [-0.4, -0.2) is 30.4 Å². The third-order valence-electron chi connectivity index (χ3n) is 4.77. The minimum Gasteiger partial charge on any atom is -0.466 e. The number of allylic oxidation sites excluding steroid dienone is 2. The van der Waals surface area contributed by atoms with Gasteiger partial charge in [0.15, 0.2) is 5.78 Å². The fraction of sp³-hybridized carbons (Fsp3) is 0.722. The van der Waals surface area contributed by atoms with Gasteiger partial charge in [0, 0.05) is 25.2 Å². The summed E-state index contributed by atoms with van der Waals surface area (Å²) in [6, 6.07) is 0. The first kappa shape index (κ1) is 17.7.